The molecule has 0 N–H and O–H groups in total. The lowest BCUT2D eigenvalue weighted by Crippen LogP contribution is -2.32. The highest BCUT2D eigenvalue weighted by Gasteiger charge is 2.23. The van der Waals surface area contributed by atoms with E-state index in [0.29, 0.717) is 17.1 Å². The predicted molar refractivity (Wildman–Crippen MR) is 75.3 cm³/mol. The van der Waals surface area contributed by atoms with Crippen molar-refractivity contribution in [2.24, 2.45) is 0 Å². The molecular formula is C13H17N3O3S. The lowest BCUT2D eigenvalue weighted by molar-refractivity contribution is 0.343. The molecule has 0 aliphatic heterocycles. The Morgan fingerprint density at radius 2 is 2.05 bits per heavy atom. The first-order valence-corrected chi connectivity index (χ1v) is 7.73. The summed E-state index contributed by atoms with van der Waals surface area (Å²) >= 11 is 0. The Kier molecular flexibility index (Phi) is 4.20. The second-order valence-corrected chi connectivity index (χ2v) is 7.34. The minimum absolute atomic E-state index is 0.153. The molecule has 2 rings (SSSR count). The average molecular weight is 295 g/mol. The van der Waals surface area contributed by atoms with Crippen molar-refractivity contribution >= 4 is 10.0 Å². The van der Waals surface area contributed by atoms with E-state index in [1.807, 2.05) is 18.2 Å². The highest BCUT2D eigenvalue weighted by molar-refractivity contribution is 7.89. The second kappa shape index (κ2) is 5.72. The number of aromatic nitrogens is 2. The van der Waals surface area contributed by atoms with Gasteiger partial charge in [0, 0.05) is 19.3 Å². The van der Waals surface area contributed by atoms with Crippen molar-refractivity contribution in [3.05, 3.63) is 36.2 Å². The highest BCUT2D eigenvalue weighted by Crippen LogP contribution is 2.18. The van der Waals surface area contributed by atoms with Gasteiger partial charge < -0.3 is 4.52 Å². The molecule has 108 valence electrons. The van der Waals surface area contributed by atoms with Crippen molar-refractivity contribution < 1.29 is 12.9 Å². The molecule has 0 amide bonds. The van der Waals surface area contributed by atoms with E-state index in [9.17, 15) is 8.42 Å². The van der Waals surface area contributed by atoms with Gasteiger partial charge in [-0.2, -0.15) is 4.31 Å². The third kappa shape index (κ3) is 3.05. The molecule has 0 aromatic carbocycles. The zero-order valence-electron chi connectivity index (χ0n) is 11.6. The summed E-state index contributed by atoms with van der Waals surface area (Å²) in [6.45, 7) is 3.44. The summed E-state index contributed by atoms with van der Waals surface area (Å²) in [4.78, 5) is 4.16. The average Bonchev–Trinajstić information content (AvgIpc) is 2.88. The van der Waals surface area contributed by atoms with Gasteiger partial charge in [-0.1, -0.05) is 11.2 Å². The van der Waals surface area contributed by atoms with E-state index >= 15 is 0 Å². The molecular weight excluding hydrogens is 278 g/mol. The van der Waals surface area contributed by atoms with E-state index in [1.165, 1.54) is 11.4 Å². The van der Waals surface area contributed by atoms with Crippen LogP contribution in [0.25, 0.3) is 11.4 Å². The molecule has 0 aliphatic rings. The van der Waals surface area contributed by atoms with E-state index in [2.05, 4.69) is 10.1 Å². The second-order valence-electron chi connectivity index (χ2n) is 4.74. The molecule has 2 aromatic heterocycles. The van der Waals surface area contributed by atoms with Gasteiger partial charge >= 0.3 is 0 Å². The molecule has 2 heterocycles. The quantitative estimate of drug-likeness (QED) is 0.842. The Morgan fingerprint density at radius 1 is 1.30 bits per heavy atom. The SMILES string of the molecule is CC(C)S(=O)(=O)N(C)Cc1cc(-c2ccccn2)no1. The Bertz CT molecular complexity index is 665. The molecule has 2 aromatic rings. The largest absolute Gasteiger partial charge is 0.359 e. The first kappa shape index (κ1) is 14.7. The van der Waals surface area contributed by atoms with E-state index in [0.717, 1.165) is 0 Å². The summed E-state index contributed by atoms with van der Waals surface area (Å²) in [5.41, 5.74) is 1.29. The Morgan fingerprint density at radius 3 is 2.65 bits per heavy atom. The van der Waals surface area contributed by atoms with Gasteiger partial charge in [-0.3, -0.25) is 4.98 Å². The third-order valence-corrected chi connectivity index (χ3v) is 5.08. The van der Waals surface area contributed by atoms with Gasteiger partial charge in [-0.25, -0.2) is 8.42 Å². The van der Waals surface area contributed by atoms with Crippen LogP contribution >= 0.6 is 0 Å². The zero-order chi connectivity index (χ0) is 14.8. The van der Waals surface area contributed by atoms with Gasteiger partial charge in [-0.05, 0) is 26.0 Å². The molecule has 0 saturated carbocycles. The van der Waals surface area contributed by atoms with Gasteiger partial charge in [0.15, 0.2) is 5.76 Å². The van der Waals surface area contributed by atoms with E-state index in [1.54, 1.807) is 26.1 Å². The number of sulfonamides is 1. The van der Waals surface area contributed by atoms with Crippen LogP contribution in [0.5, 0.6) is 0 Å². The zero-order valence-corrected chi connectivity index (χ0v) is 12.5. The number of nitrogens with zero attached hydrogens (tertiary/aromatic N) is 3. The molecule has 6 nitrogen and oxygen atoms in total. The van der Waals surface area contributed by atoms with Crippen molar-refractivity contribution in [2.75, 3.05) is 7.05 Å². The summed E-state index contributed by atoms with van der Waals surface area (Å²) in [6.07, 6.45) is 1.67. The summed E-state index contributed by atoms with van der Waals surface area (Å²) in [5, 5.41) is 3.44. The van der Waals surface area contributed by atoms with Crippen LogP contribution < -0.4 is 0 Å². The molecule has 0 bridgehead atoms. The smallest absolute Gasteiger partial charge is 0.216 e. The molecule has 0 fully saturated rings. The van der Waals surface area contributed by atoms with Crippen LogP contribution in [0.1, 0.15) is 19.6 Å². The van der Waals surface area contributed by atoms with Gasteiger partial charge in [-0.15, -0.1) is 0 Å². The van der Waals surface area contributed by atoms with Gasteiger partial charge in [0.1, 0.15) is 5.69 Å². The molecule has 0 radical (unpaired) electrons. The van der Waals surface area contributed by atoms with Gasteiger partial charge in [0.05, 0.1) is 17.5 Å². The fraction of sp³-hybridized carbons (Fsp3) is 0.385. The maximum Gasteiger partial charge on any atom is 0.216 e. The minimum Gasteiger partial charge on any atom is -0.359 e. The lowest BCUT2D eigenvalue weighted by Gasteiger charge is -2.17. The van der Waals surface area contributed by atoms with E-state index < -0.39 is 15.3 Å². The highest BCUT2D eigenvalue weighted by atomic mass is 32.2. The predicted octanol–water partition coefficient (Wildman–Crippen LogP) is 1.91. The summed E-state index contributed by atoms with van der Waals surface area (Å²) < 4.78 is 30.4. The molecule has 7 heteroatoms. The Hall–Kier alpha value is -1.73. The van der Waals surface area contributed by atoms with E-state index in [4.69, 9.17) is 4.52 Å². The molecule has 0 saturated heterocycles. The molecule has 20 heavy (non-hydrogen) atoms. The van der Waals surface area contributed by atoms with Crippen molar-refractivity contribution in [1.82, 2.24) is 14.4 Å². The van der Waals surface area contributed by atoms with Crippen LogP contribution in [-0.4, -0.2) is 35.2 Å². The maximum atomic E-state index is 12.0. The summed E-state index contributed by atoms with van der Waals surface area (Å²) in [5.74, 6) is 0.484. The number of pyridine rings is 1. The van der Waals surface area contributed by atoms with Crippen molar-refractivity contribution in [3.63, 3.8) is 0 Å². The van der Waals surface area contributed by atoms with Crippen LogP contribution in [0.4, 0.5) is 0 Å². The van der Waals surface area contributed by atoms with Gasteiger partial charge in [0.2, 0.25) is 10.0 Å². The Balaban J connectivity index is 2.15. The van der Waals surface area contributed by atoms with Crippen LogP contribution in [0.3, 0.4) is 0 Å². The van der Waals surface area contributed by atoms with E-state index in [-0.39, 0.29) is 6.54 Å². The maximum absolute atomic E-state index is 12.0. The van der Waals surface area contributed by atoms with Crippen LogP contribution in [0, 0.1) is 0 Å². The van der Waals surface area contributed by atoms with Crippen LogP contribution in [0.2, 0.25) is 0 Å². The molecule has 0 aliphatic carbocycles. The summed E-state index contributed by atoms with van der Waals surface area (Å²) in [6, 6.07) is 7.18. The van der Waals surface area contributed by atoms with Crippen molar-refractivity contribution in [2.45, 2.75) is 25.6 Å². The summed E-state index contributed by atoms with van der Waals surface area (Å²) in [7, 11) is -1.77. The van der Waals surface area contributed by atoms with Gasteiger partial charge in [0.25, 0.3) is 0 Å². The fourth-order valence-electron chi connectivity index (χ4n) is 1.69. The van der Waals surface area contributed by atoms with Crippen LogP contribution in [0.15, 0.2) is 35.0 Å². The third-order valence-electron chi connectivity index (χ3n) is 2.89. The fourth-order valence-corrected chi connectivity index (χ4v) is 2.72. The standard InChI is InChI=1S/C13H17N3O3S/c1-10(2)20(17,18)16(3)9-11-8-13(15-19-11)12-6-4-5-7-14-12/h4-8,10H,9H2,1-3H3. The first-order chi connectivity index (χ1) is 9.41. The first-order valence-electron chi connectivity index (χ1n) is 6.23. The van der Waals surface area contributed by atoms with Crippen LogP contribution in [-0.2, 0) is 16.6 Å². The van der Waals surface area contributed by atoms with Crippen molar-refractivity contribution in [1.29, 1.82) is 0 Å². The Labute approximate surface area is 118 Å². The molecule has 0 atom stereocenters. The monoisotopic (exact) mass is 295 g/mol. The lowest BCUT2D eigenvalue weighted by atomic mass is 10.2. The minimum atomic E-state index is -3.30. The molecule has 0 unspecified atom stereocenters. The topological polar surface area (TPSA) is 76.3 Å². The normalized spacial score (nSPS) is 12.2. The number of hydrogen-bond donors (Lipinski definition) is 0. The molecule has 0 spiro atoms. The van der Waals surface area contributed by atoms with Crippen molar-refractivity contribution in [3.8, 4) is 11.4 Å². The number of rotatable bonds is 5. The number of hydrogen-bond acceptors (Lipinski definition) is 5.